The summed E-state index contributed by atoms with van der Waals surface area (Å²) in [5, 5.41) is 0.544. The number of amides is 3. The van der Waals surface area contributed by atoms with Gasteiger partial charge in [0.05, 0.1) is 6.54 Å². The van der Waals surface area contributed by atoms with Crippen molar-refractivity contribution < 1.29 is 14.0 Å². The first-order chi connectivity index (χ1) is 11.0. The quantitative estimate of drug-likeness (QED) is 0.801. The first-order valence-corrected chi connectivity index (χ1v) is 7.50. The van der Waals surface area contributed by atoms with Crippen LogP contribution in [-0.2, 0) is 11.3 Å². The average molecular weight is 333 g/mol. The molecule has 0 spiro atoms. The highest BCUT2D eigenvalue weighted by Crippen LogP contribution is 2.28. The molecule has 0 radical (unpaired) electrons. The van der Waals surface area contributed by atoms with Crippen LogP contribution >= 0.6 is 11.6 Å². The number of urea groups is 1. The number of nitrogens with zero attached hydrogens (tertiary/aromatic N) is 2. The molecule has 0 aromatic heterocycles. The molecule has 0 saturated carbocycles. The molecule has 4 nitrogen and oxygen atoms in total. The van der Waals surface area contributed by atoms with Gasteiger partial charge in [0.2, 0.25) is 0 Å². The molecule has 3 rings (SSSR count). The zero-order valence-electron chi connectivity index (χ0n) is 12.4. The van der Waals surface area contributed by atoms with Gasteiger partial charge in [-0.15, -0.1) is 0 Å². The van der Waals surface area contributed by atoms with Crippen molar-refractivity contribution >= 4 is 29.2 Å². The summed E-state index contributed by atoms with van der Waals surface area (Å²) >= 11 is 5.85. The van der Waals surface area contributed by atoms with Crippen molar-refractivity contribution in [2.75, 3.05) is 4.90 Å². The standard InChI is InChI=1S/C17H14ClFN2O2/c1-11-16(22)20(10-12-4-2-3-5-15(12)19)17(23)21(11)14-8-6-13(18)7-9-14/h2-9,11H,10H2,1H3. The van der Waals surface area contributed by atoms with Gasteiger partial charge in [-0.25, -0.2) is 9.18 Å². The molecule has 1 unspecified atom stereocenters. The lowest BCUT2D eigenvalue weighted by atomic mass is 10.2. The molecule has 0 aliphatic carbocycles. The van der Waals surface area contributed by atoms with Crippen molar-refractivity contribution in [2.24, 2.45) is 0 Å². The van der Waals surface area contributed by atoms with Crippen molar-refractivity contribution in [2.45, 2.75) is 19.5 Å². The van der Waals surface area contributed by atoms with E-state index in [1.54, 1.807) is 49.4 Å². The molecule has 0 N–H and O–H groups in total. The maximum Gasteiger partial charge on any atom is 0.332 e. The fraction of sp³-hybridized carbons (Fsp3) is 0.176. The number of carbonyl (C=O) groups is 2. The number of carbonyl (C=O) groups excluding carboxylic acids is 2. The van der Waals surface area contributed by atoms with Crippen LogP contribution in [0.15, 0.2) is 48.5 Å². The van der Waals surface area contributed by atoms with Crippen LogP contribution in [0.5, 0.6) is 0 Å². The smallest absolute Gasteiger partial charge is 0.282 e. The molecule has 1 aliphatic rings. The highest BCUT2D eigenvalue weighted by atomic mass is 35.5. The molecule has 118 valence electrons. The number of anilines is 1. The van der Waals surface area contributed by atoms with Gasteiger partial charge in [0.15, 0.2) is 0 Å². The van der Waals surface area contributed by atoms with E-state index in [2.05, 4.69) is 0 Å². The van der Waals surface area contributed by atoms with E-state index in [1.165, 1.54) is 11.0 Å². The van der Waals surface area contributed by atoms with Gasteiger partial charge in [-0.1, -0.05) is 29.8 Å². The third-order valence-electron chi connectivity index (χ3n) is 3.84. The van der Waals surface area contributed by atoms with E-state index in [0.29, 0.717) is 16.3 Å². The third-order valence-corrected chi connectivity index (χ3v) is 4.09. The first kappa shape index (κ1) is 15.5. The average Bonchev–Trinajstić information content (AvgIpc) is 2.74. The fourth-order valence-corrected chi connectivity index (χ4v) is 2.73. The van der Waals surface area contributed by atoms with Crippen LogP contribution in [0, 0.1) is 5.82 Å². The molecule has 2 aromatic carbocycles. The summed E-state index contributed by atoms with van der Waals surface area (Å²) in [5.41, 5.74) is 0.885. The Labute approximate surface area is 138 Å². The molecule has 1 atom stereocenters. The van der Waals surface area contributed by atoms with Gasteiger partial charge in [0.1, 0.15) is 11.9 Å². The lowest BCUT2D eigenvalue weighted by Gasteiger charge is -2.19. The molecule has 1 saturated heterocycles. The van der Waals surface area contributed by atoms with Crippen molar-refractivity contribution in [1.82, 2.24) is 4.90 Å². The number of hydrogen-bond donors (Lipinski definition) is 0. The van der Waals surface area contributed by atoms with E-state index in [-0.39, 0.29) is 12.5 Å². The van der Waals surface area contributed by atoms with Gasteiger partial charge in [-0.2, -0.15) is 0 Å². The topological polar surface area (TPSA) is 40.6 Å². The number of halogens is 2. The van der Waals surface area contributed by atoms with Crippen LogP contribution in [0.2, 0.25) is 5.02 Å². The second-order valence-corrected chi connectivity index (χ2v) is 5.76. The van der Waals surface area contributed by atoms with E-state index in [4.69, 9.17) is 11.6 Å². The minimum atomic E-state index is -0.643. The fourth-order valence-electron chi connectivity index (χ4n) is 2.60. The Morgan fingerprint density at radius 1 is 1.09 bits per heavy atom. The van der Waals surface area contributed by atoms with Gasteiger partial charge in [-0.05, 0) is 37.3 Å². The minimum absolute atomic E-state index is 0.0846. The number of rotatable bonds is 3. The van der Waals surface area contributed by atoms with E-state index < -0.39 is 17.9 Å². The largest absolute Gasteiger partial charge is 0.332 e. The summed E-state index contributed by atoms with van der Waals surface area (Å²) in [6, 6.07) is 11.7. The van der Waals surface area contributed by atoms with Crippen LogP contribution in [-0.4, -0.2) is 22.9 Å². The zero-order chi connectivity index (χ0) is 16.6. The van der Waals surface area contributed by atoms with Gasteiger partial charge < -0.3 is 0 Å². The third kappa shape index (κ3) is 2.80. The minimum Gasteiger partial charge on any atom is -0.282 e. The predicted octanol–water partition coefficient (Wildman–Crippen LogP) is 3.84. The van der Waals surface area contributed by atoms with E-state index in [0.717, 1.165) is 4.90 Å². The Bertz CT molecular complexity index is 763. The summed E-state index contributed by atoms with van der Waals surface area (Å²) in [5.74, 6) is -0.793. The van der Waals surface area contributed by atoms with E-state index in [9.17, 15) is 14.0 Å². The monoisotopic (exact) mass is 332 g/mol. The number of benzene rings is 2. The molecule has 1 heterocycles. The van der Waals surface area contributed by atoms with Crippen molar-refractivity contribution in [1.29, 1.82) is 0 Å². The predicted molar refractivity (Wildman–Crippen MR) is 85.7 cm³/mol. The summed E-state index contributed by atoms with van der Waals surface area (Å²) in [6.45, 7) is 1.56. The molecule has 3 amide bonds. The highest BCUT2D eigenvalue weighted by molar-refractivity contribution is 6.30. The van der Waals surface area contributed by atoms with Crippen LogP contribution in [0.25, 0.3) is 0 Å². The summed E-state index contributed by atoms with van der Waals surface area (Å²) in [6.07, 6.45) is 0. The van der Waals surface area contributed by atoms with Crippen LogP contribution < -0.4 is 4.90 Å². The zero-order valence-corrected chi connectivity index (χ0v) is 13.1. The number of imide groups is 1. The number of hydrogen-bond acceptors (Lipinski definition) is 2. The summed E-state index contributed by atoms with van der Waals surface area (Å²) in [4.78, 5) is 27.5. The lowest BCUT2D eigenvalue weighted by Crippen LogP contribution is -2.33. The second kappa shape index (κ2) is 6.01. The van der Waals surface area contributed by atoms with Crippen molar-refractivity contribution in [3.63, 3.8) is 0 Å². The molecule has 0 bridgehead atoms. The van der Waals surface area contributed by atoms with Gasteiger partial charge in [0.25, 0.3) is 5.91 Å². The molecule has 1 fully saturated rings. The van der Waals surface area contributed by atoms with Gasteiger partial charge in [-0.3, -0.25) is 14.6 Å². The van der Waals surface area contributed by atoms with Crippen molar-refractivity contribution in [3.05, 3.63) is 64.9 Å². The molecular formula is C17H14ClFN2O2. The Hall–Kier alpha value is -2.40. The maximum atomic E-state index is 13.8. The molecule has 23 heavy (non-hydrogen) atoms. The van der Waals surface area contributed by atoms with E-state index >= 15 is 0 Å². The van der Waals surface area contributed by atoms with Gasteiger partial charge in [0, 0.05) is 16.3 Å². The highest BCUT2D eigenvalue weighted by Gasteiger charge is 2.43. The van der Waals surface area contributed by atoms with Gasteiger partial charge >= 0.3 is 6.03 Å². The molecule has 6 heteroatoms. The first-order valence-electron chi connectivity index (χ1n) is 7.12. The van der Waals surface area contributed by atoms with E-state index in [1.807, 2.05) is 0 Å². The SMILES string of the molecule is CC1C(=O)N(Cc2ccccc2F)C(=O)N1c1ccc(Cl)cc1. The van der Waals surface area contributed by atoms with Crippen molar-refractivity contribution in [3.8, 4) is 0 Å². The molecule has 2 aromatic rings. The Balaban J connectivity index is 1.89. The Kier molecular flexibility index (Phi) is 4.05. The Morgan fingerprint density at radius 2 is 1.74 bits per heavy atom. The normalized spacial score (nSPS) is 18.0. The molecule has 1 aliphatic heterocycles. The van der Waals surface area contributed by atoms with Crippen LogP contribution in [0.4, 0.5) is 14.9 Å². The Morgan fingerprint density at radius 3 is 2.39 bits per heavy atom. The van der Waals surface area contributed by atoms with Crippen LogP contribution in [0.3, 0.4) is 0 Å². The van der Waals surface area contributed by atoms with Crippen LogP contribution in [0.1, 0.15) is 12.5 Å². The second-order valence-electron chi connectivity index (χ2n) is 5.32. The molecular weight excluding hydrogens is 319 g/mol. The maximum absolute atomic E-state index is 13.8. The summed E-state index contributed by atoms with van der Waals surface area (Å²) < 4.78 is 13.8. The summed E-state index contributed by atoms with van der Waals surface area (Å²) in [7, 11) is 0. The lowest BCUT2D eigenvalue weighted by molar-refractivity contribution is -0.127.